The number of alkyl carbamates (subject to hydrolysis) is 1. The lowest BCUT2D eigenvalue weighted by Crippen LogP contribution is -2.50. The molecule has 34 heavy (non-hydrogen) atoms. The van der Waals surface area contributed by atoms with Gasteiger partial charge >= 0.3 is 12.1 Å². The van der Waals surface area contributed by atoms with Crippen molar-refractivity contribution in [2.45, 2.75) is 51.5 Å². The first-order valence-electron chi connectivity index (χ1n) is 11.9. The maximum Gasteiger partial charge on any atom is 0.407 e. The molecule has 1 atom stereocenters. The molecule has 2 aliphatic carbocycles. The van der Waals surface area contributed by atoms with E-state index >= 15 is 0 Å². The number of ether oxygens (including phenoxy) is 1. The van der Waals surface area contributed by atoms with Crippen LogP contribution in [0.4, 0.5) is 4.79 Å². The standard InChI is InChI=1S/C27H32N2O5/c1-17-11-13-27(14-12-17,25(31)32)16-28-24(30)18(2)29-26(33)34-15-23-21-9-5-3-7-19(21)20-8-4-6-10-22(20)23/h3-10,17-18,23H,11-16H2,1-2H3,(H,28,30)(H,29,33)(H,31,32)/t17?,18-,27?/m1/s1. The van der Waals surface area contributed by atoms with Crippen molar-refractivity contribution in [2.75, 3.05) is 13.2 Å². The first-order chi connectivity index (χ1) is 16.3. The Labute approximate surface area is 199 Å². The Morgan fingerprint density at radius 2 is 1.59 bits per heavy atom. The van der Waals surface area contributed by atoms with E-state index in [0.717, 1.165) is 35.1 Å². The molecule has 0 spiro atoms. The highest BCUT2D eigenvalue weighted by atomic mass is 16.5. The van der Waals surface area contributed by atoms with Crippen molar-refractivity contribution in [1.29, 1.82) is 0 Å². The fourth-order valence-electron chi connectivity index (χ4n) is 5.07. The van der Waals surface area contributed by atoms with Crippen LogP contribution in [0.2, 0.25) is 0 Å². The van der Waals surface area contributed by atoms with Gasteiger partial charge in [0.05, 0.1) is 5.41 Å². The SMILES string of the molecule is CC1CCC(CNC(=O)[C@@H](C)NC(=O)OCC2c3ccccc3-c3ccccc32)(C(=O)O)CC1. The monoisotopic (exact) mass is 464 g/mol. The van der Waals surface area contributed by atoms with Gasteiger partial charge < -0.3 is 20.5 Å². The van der Waals surface area contributed by atoms with Crippen LogP contribution < -0.4 is 10.6 Å². The molecule has 2 aromatic rings. The number of fused-ring (bicyclic) bond motifs is 3. The maximum absolute atomic E-state index is 12.6. The Bertz CT molecular complexity index is 1030. The number of hydrogen-bond donors (Lipinski definition) is 3. The summed E-state index contributed by atoms with van der Waals surface area (Å²) in [5, 5.41) is 15.0. The minimum Gasteiger partial charge on any atom is -0.481 e. The molecule has 2 aliphatic rings. The number of amides is 2. The molecular formula is C27H32N2O5. The molecule has 7 heteroatoms. The van der Waals surface area contributed by atoms with Crippen molar-refractivity contribution in [3.8, 4) is 11.1 Å². The topological polar surface area (TPSA) is 105 Å². The zero-order chi connectivity index (χ0) is 24.3. The lowest BCUT2D eigenvalue weighted by molar-refractivity contribution is -0.151. The summed E-state index contributed by atoms with van der Waals surface area (Å²) in [5.74, 6) is -0.867. The van der Waals surface area contributed by atoms with Crippen molar-refractivity contribution >= 4 is 18.0 Å². The number of carbonyl (C=O) groups is 3. The molecule has 180 valence electrons. The Hall–Kier alpha value is -3.35. The van der Waals surface area contributed by atoms with Gasteiger partial charge in [-0.05, 0) is 60.8 Å². The van der Waals surface area contributed by atoms with E-state index in [-0.39, 0.29) is 19.1 Å². The van der Waals surface area contributed by atoms with Gasteiger partial charge in [-0.15, -0.1) is 0 Å². The summed E-state index contributed by atoms with van der Waals surface area (Å²) < 4.78 is 5.50. The summed E-state index contributed by atoms with van der Waals surface area (Å²) >= 11 is 0. The molecule has 2 amide bonds. The van der Waals surface area contributed by atoms with Crippen molar-refractivity contribution in [3.63, 3.8) is 0 Å². The molecule has 0 bridgehead atoms. The smallest absolute Gasteiger partial charge is 0.407 e. The van der Waals surface area contributed by atoms with Gasteiger partial charge in [0, 0.05) is 12.5 Å². The molecule has 0 saturated heterocycles. The number of carbonyl (C=O) groups excluding carboxylic acids is 2. The van der Waals surface area contributed by atoms with Crippen LogP contribution in [0.25, 0.3) is 11.1 Å². The zero-order valence-corrected chi connectivity index (χ0v) is 19.7. The van der Waals surface area contributed by atoms with Crippen molar-refractivity contribution in [1.82, 2.24) is 10.6 Å². The predicted octanol–water partition coefficient (Wildman–Crippen LogP) is 4.31. The molecule has 0 unspecified atom stereocenters. The molecule has 0 aliphatic heterocycles. The molecule has 0 aromatic heterocycles. The van der Waals surface area contributed by atoms with Crippen LogP contribution in [0.3, 0.4) is 0 Å². The van der Waals surface area contributed by atoms with Crippen LogP contribution in [0, 0.1) is 11.3 Å². The molecule has 4 rings (SSSR count). The van der Waals surface area contributed by atoms with E-state index in [1.165, 1.54) is 0 Å². The number of aliphatic carboxylic acids is 1. The van der Waals surface area contributed by atoms with Gasteiger partial charge in [-0.1, -0.05) is 55.5 Å². The first-order valence-corrected chi connectivity index (χ1v) is 11.9. The summed E-state index contributed by atoms with van der Waals surface area (Å²) in [6, 6.07) is 15.3. The first kappa shape index (κ1) is 23.8. The summed E-state index contributed by atoms with van der Waals surface area (Å²) in [6.07, 6.45) is 2.06. The second kappa shape index (κ2) is 9.87. The molecular weight excluding hydrogens is 432 g/mol. The van der Waals surface area contributed by atoms with E-state index in [1.807, 2.05) is 36.4 Å². The number of carboxylic acids is 1. The third kappa shape index (κ3) is 4.79. The third-order valence-electron chi connectivity index (χ3n) is 7.36. The van der Waals surface area contributed by atoms with Crippen LogP contribution in [0.1, 0.15) is 56.6 Å². The Morgan fingerprint density at radius 1 is 1.03 bits per heavy atom. The highest BCUT2D eigenvalue weighted by Crippen LogP contribution is 2.44. The van der Waals surface area contributed by atoms with E-state index in [2.05, 4.69) is 29.7 Å². The van der Waals surface area contributed by atoms with E-state index in [4.69, 9.17) is 4.74 Å². The summed E-state index contributed by atoms with van der Waals surface area (Å²) in [5.41, 5.74) is 3.57. The fourth-order valence-corrected chi connectivity index (χ4v) is 5.07. The molecule has 7 nitrogen and oxygen atoms in total. The predicted molar refractivity (Wildman–Crippen MR) is 128 cm³/mol. The molecule has 0 radical (unpaired) electrons. The number of hydrogen-bond acceptors (Lipinski definition) is 4. The van der Waals surface area contributed by atoms with Crippen LogP contribution in [-0.2, 0) is 14.3 Å². The van der Waals surface area contributed by atoms with Gasteiger partial charge in [-0.3, -0.25) is 9.59 Å². The van der Waals surface area contributed by atoms with Crippen LogP contribution >= 0.6 is 0 Å². The van der Waals surface area contributed by atoms with Gasteiger partial charge in [0.25, 0.3) is 0 Å². The number of carboxylic acid groups (broad SMARTS) is 1. The second-order valence-corrected chi connectivity index (χ2v) is 9.68. The highest BCUT2D eigenvalue weighted by molar-refractivity contribution is 5.86. The lowest BCUT2D eigenvalue weighted by atomic mass is 9.71. The average molecular weight is 465 g/mol. The zero-order valence-electron chi connectivity index (χ0n) is 19.7. The second-order valence-electron chi connectivity index (χ2n) is 9.68. The van der Waals surface area contributed by atoms with Crippen LogP contribution in [-0.4, -0.2) is 42.3 Å². The quantitative estimate of drug-likeness (QED) is 0.566. The van der Waals surface area contributed by atoms with Crippen LogP contribution in [0.15, 0.2) is 48.5 Å². The third-order valence-corrected chi connectivity index (χ3v) is 7.36. The van der Waals surface area contributed by atoms with Crippen molar-refractivity contribution in [3.05, 3.63) is 59.7 Å². The van der Waals surface area contributed by atoms with Gasteiger partial charge in [0.15, 0.2) is 0 Å². The summed E-state index contributed by atoms with van der Waals surface area (Å²) in [6.45, 7) is 3.90. The van der Waals surface area contributed by atoms with E-state index in [0.29, 0.717) is 18.8 Å². The fraction of sp³-hybridized carbons (Fsp3) is 0.444. The van der Waals surface area contributed by atoms with Gasteiger partial charge in [0.1, 0.15) is 12.6 Å². The lowest BCUT2D eigenvalue weighted by Gasteiger charge is -2.36. The molecule has 2 aromatic carbocycles. The molecule has 3 N–H and O–H groups in total. The van der Waals surface area contributed by atoms with Gasteiger partial charge in [0.2, 0.25) is 5.91 Å². The number of nitrogens with one attached hydrogen (secondary N) is 2. The highest BCUT2D eigenvalue weighted by Gasteiger charge is 2.41. The van der Waals surface area contributed by atoms with E-state index in [1.54, 1.807) is 6.92 Å². The van der Waals surface area contributed by atoms with E-state index in [9.17, 15) is 19.5 Å². The minimum absolute atomic E-state index is 0.0601. The van der Waals surface area contributed by atoms with Crippen molar-refractivity contribution in [2.24, 2.45) is 11.3 Å². The Morgan fingerprint density at radius 3 is 2.15 bits per heavy atom. The number of rotatable bonds is 7. The Balaban J connectivity index is 1.30. The average Bonchev–Trinajstić information content (AvgIpc) is 3.16. The van der Waals surface area contributed by atoms with Gasteiger partial charge in [-0.2, -0.15) is 0 Å². The maximum atomic E-state index is 12.6. The van der Waals surface area contributed by atoms with Crippen molar-refractivity contribution < 1.29 is 24.2 Å². The summed E-state index contributed by atoms with van der Waals surface area (Å²) in [4.78, 5) is 36.9. The van der Waals surface area contributed by atoms with E-state index < -0.39 is 29.4 Å². The molecule has 0 heterocycles. The molecule has 1 fully saturated rings. The largest absolute Gasteiger partial charge is 0.481 e. The summed E-state index contributed by atoms with van der Waals surface area (Å²) in [7, 11) is 0. The van der Waals surface area contributed by atoms with Crippen LogP contribution in [0.5, 0.6) is 0 Å². The van der Waals surface area contributed by atoms with Gasteiger partial charge in [-0.25, -0.2) is 4.79 Å². The minimum atomic E-state index is -0.939. The Kier molecular flexibility index (Phi) is 6.91. The normalized spacial score (nSPS) is 22.2. The number of benzene rings is 2. The molecule has 1 saturated carbocycles.